The second kappa shape index (κ2) is 3.59. The van der Waals surface area contributed by atoms with E-state index in [9.17, 15) is 9.59 Å². The highest BCUT2D eigenvalue weighted by molar-refractivity contribution is 5.88. The largest absolute Gasteiger partial charge is 0.464 e. The Morgan fingerprint density at radius 1 is 1.57 bits per heavy atom. The SMILES string of the molecule is CCOC(=O)C1NC(=O)CC1C1CC1. The van der Waals surface area contributed by atoms with Crippen molar-refractivity contribution in [3.8, 4) is 0 Å². The number of hydrogen-bond acceptors (Lipinski definition) is 3. The van der Waals surface area contributed by atoms with E-state index >= 15 is 0 Å². The van der Waals surface area contributed by atoms with Crippen LogP contribution < -0.4 is 5.32 Å². The standard InChI is InChI=1S/C10H15NO3/c1-2-14-10(13)9-7(6-3-4-6)5-8(12)11-9/h6-7,9H,2-5H2,1H3,(H,11,12). The molecular formula is C10H15NO3. The zero-order valence-electron chi connectivity index (χ0n) is 8.29. The Hall–Kier alpha value is -1.06. The number of carbonyl (C=O) groups is 2. The highest BCUT2D eigenvalue weighted by Crippen LogP contribution is 2.42. The average molecular weight is 197 g/mol. The molecule has 14 heavy (non-hydrogen) atoms. The summed E-state index contributed by atoms with van der Waals surface area (Å²) in [5, 5.41) is 2.70. The van der Waals surface area contributed by atoms with Crippen LogP contribution in [0.15, 0.2) is 0 Å². The van der Waals surface area contributed by atoms with Gasteiger partial charge in [-0.2, -0.15) is 0 Å². The monoisotopic (exact) mass is 197 g/mol. The van der Waals surface area contributed by atoms with E-state index in [0.29, 0.717) is 18.9 Å². The Labute approximate surface area is 83.0 Å². The Balaban J connectivity index is 2.00. The van der Waals surface area contributed by atoms with Gasteiger partial charge in [-0.15, -0.1) is 0 Å². The van der Waals surface area contributed by atoms with E-state index in [1.54, 1.807) is 6.92 Å². The molecule has 2 rings (SSSR count). The fourth-order valence-electron chi connectivity index (χ4n) is 2.10. The number of amides is 1. The number of rotatable bonds is 3. The fraction of sp³-hybridized carbons (Fsp3) is 0.800. The van der Waals surface area contributed by atoms with Crippen molar-refractivity contribution >= 4 is 11.9 Å². The van der Waals surface area contributed by atoms with Gasteiger partial charge in [-0.05, 0) is 25.7 Å². The second-order valence-corrected chi connectivity index (χ2v) is 4.00. The van der Waals surface area contributed by atoms with Crippen LogP contribution >= 0.6 is 0 Å². The van der Waals surface area contributed by atoms with Gasteiger partial charge < -0.3 is 10.1 Å². The minimum Gasteiger partial charge on any atom is -0.464 e. The van der Waals surface area contributed by atoms with Gasteiger partial charge in [-0.1, -0.05) is 0 Å². The van der Waals surface area contributed by atoms with Crippen molar-refractivity contribution in [3.05, 3.63) is 0 Å². The van der Waals surface area contributed by atoms with Gasteiger partial charge in [-0.25, -0.2) is 4.79 Å². The normalized spacial score (nSPS) is 31.4. The van der Waals surface area contributed by atoms with Crippen molar-refractivity contribution in [2.75, 3.05) is 6.61 Å². The summed E-state index contributed by atoms with van der Waals surface area (Å²) in [7, 11) is 0. The maximum atomic E-state index is 11.5. The van der Waals surface area contributed by atoms with Gasteiger partial charge in [-0.3, -0.25) is 4.79 Å². The first-order chi connectivity index (χ1) is 6.72. The Morgan fingerprint density at radius 3 is 2.86 bits per heavy atom. The zero-order chi connectivity index (χ0) is 10.1. The fourth-order valence-corrected chi connectivity index (χ4v) is 2.10. The lowest BCUT2D eigenvalue weighted by molar-refractivity contribution is -0.147. The smallest absolute Gasteiger partial charge is 0.328 e. The molecule has 78 valence electrons. The summed E-state index contributed by atoms with van der Waals surface area (Å²) in [5.74, 6) is 0.458. The first-order valence-corrected chi connectivity index (χ1v) is 5.18. The molecule has 2 fully saturated rings. The molecule has 1 amide bonds. The summed E-state index contributed by atoms with van der Waals surface area (Å²) in [6, 6.07) is -0.380. The van der Waals surface area contributed by atoms with Gasteiger partial charge in [0.2, 0.25) is 5.91 Å². The van der Waals surface area contributed by atoms with Gasteiger partial charge in [0, 0.05) is 12.3 Å². The van der Waals surface area contributed by atoms with Crippen LogP contribution in [0, 0.1) is 11.8 Å². The van der Waals surface area contributed by atoms with Gasteiger partial charge >= 0.3 is 5.97 Å². The third kappa shape index (κ3) is 1.74. The molecule has 0 bridgehead atoms. The molecule has 4 heteroatoms. The molecule has 0 aromatic rings. The molecule has 2 unspecified atom stereocenters. The molecule has 2 aliphatic rings. The lowest BCUT2D eigenvalue weighted by atomic mass is 9.95. The van der Waals surface area contributed by atoms with Crippen LogP contribution in [0.4, 0.5) is 0 Å². The van der Waals surface area contributed by atoms with E-state index < -0.39 is 0 Å². The van der Waals surface area contributed by atoms with Crippen molar-refractivity contribution in [3.63, 3.8) is 0 Å². The molecule has 4 nitrogen and oxygen atoms in total. The predicted octanol–water partition coefficient (Wildman–Crippen LogP) is 0.464. The van der Waals surface area contributed by atoms with Crippen LogP contribution in [0.5, 0.6) is 0 Å². The highest BCUT2D eigenvalue weighted by Gasteiger charge is 2.46. The van der Waals surface area contributed by atoms with E-state index in [-0.39, 0.29) is 23.8 Å². The first-order valence-electron chi connectivity index (χ1n) is 5.18. The van der Waals surface area contributed by atoms with Crippen LogP contribution in [0.1, 0.15) is 26.2 Å². The quantitative estimate of drug-likeness (QED) is 0.669. The minimum absolute atomic E-state index is 0.0139. The molecule has 0 aromatic heterocycles. The molecule has 2 atom stereocenters. The Kier molecular flexibility index (Phi) is 2.44. The Bertz CT molecular complexity index is 260. The predicted molar refractivity (Wildman–Crippen MR) is 49.4 cm³/mol. The topological polar surface area (TPSA) is 55.4 Å². The third-order valence-corrected chi connectivity index (χ3v) is 2.93. The van der Waals surface area contributed by atoms with Gasteiger partial charge in [0.05, 0.1) is 6.61 Å². The van der Waals surface area contributed by atoms with Crippen LogP contribution in [-0.2, 0) is 14.3 Å². The lowest BCUT2D eigenvalue weighted by Gasteiger charge is -2.16. The van der Waals surface area contributed by atoms with Crippen LogP contribution in [0.25, 0.3) is 0 Å². The van der Waals surface area contributed by atoms with Crippen LogP contribution in [0.2, 0.25) is 0 Å². The number of nitrogens with one attached hydrogen (secondary N) is 1. The van der Waals surface area contributed by atoms with Crippen molar-refractivity contribution in [2.24, 2.45) is 11.8 Å². The van der Waals surface area contributed by atoms with Crippen molar-refractivity contribution in [2.45, 2.75) is 32.2 Å². The molecule has 0 radical (unpaired) electrons. The summed E-state index contributed by atoms with van der Waals surface area (Å²) in [6.45, 7) is 2.16. The number of carbonyl (C=O) groups excluding carboxylic acids is 2. The van der Waals surface area contributed by atoms with E-state index in [2.05, 4.69) is 5.32 Å². The molecule has 1 aliphatic carbocycles. The Morgan fingerprint density at radius 2 is 2.29 bits per heavy atom. The van der Waals surface area contributed by atoms with E-state index in [1.165, 1.54) is 0 Å². The average Bonchev–Trinajstić information content (AvgIpc) is 2.90. The van der Waals surface area contributed by atoms with E-state index in [1.807, 2.05) is 0 Å². The lowest BCUT2D eigenvalue weighted by Crippen LogP contribution is -2.39. The second-order valence-electron chi connectivity index (χ2n) is 4.00. The third-order valence-electron chi connectivity index (χ3n) is 2.93. The highest BCUT2D eigenvalue weighted by atomic mass is 16.5. The summed E-state index contributed by atoms with van der Waals surface area (Å²) in [6.07, 6.45) is 2.79. The molecule has 1 aliphatic heterocycles. The van der Waals surface area contributed by atoms with Crippen molar-refractivity contribution in [1.82, 2.24) is 5.32 Å². The van der Waals surface area contributed by atoms with Crippen LogP contribution in [-0.4, -0.2) is 24.5 Å². The van der Waals surface area contributed by atoms with Gasteiger partial charge in [0.1, 0.15) is 6.04 Å². The first kappa shape index (κ1) is 9.49. The van der Waals surface area contributed by atoms with Crippen molar-refractivity contribution < 1.29 is 14.3 Å². The maximum Gasteiger partial charge on any atom is 0.328 e. The zero-order valence-corrected chi connectivity index (χ0v) is 8.29. The summed E-state index contributed by atoms with van der Waals surface area (Å²) in [4.78, 5) is 22.7. The van der Waals surface area contributed by atoms with Crippen molar-refractivity contribution in [1.29, 1.82) is 0 Å². The summed E-state index contributed by atoms with van der Waals surface area (Å²) >= 11 is 0. The molecule has 1 saturated heterocycles. The number of hydrogen-bond donors (Lipinski definition) is 1. The maximum absolute atomic E-state index is 11.5. The summed E-state index contributed by atoms with van der Waals surface area (Å²) < 4.78 is 4.93. The van der Waals surface area contributed by atoms with E-state index in [0.717, 1.165) is 12.8 Å². The molecule has 1 saturated carbocycles. The molecule has 1 N–H and O–H groups in total. The molecule has 0 aromatic carbocycles. The molecular weight excluding hydrogens is 182 g/mol. The van der Waals surface area contributed by atoms with E-state index in [4.69, 9.17) is 4.74 Å². The van der Waals surface area contributed by atoms with Crippen LogP contribution in [0.3, 0.4) is 0 Å². The molecule has 1 heterocycles. The summed E-state index contributed by atoms with van der Waals surface area (Å²) in [5.41, 5.74) is 0. The van der Waals surface area contributed by atoms with Gasteiger partial charge in [0.15, 0.2) is 0 Å². The minimum atomic E-state index is -0.380. The van der Waals surface area contributed by atoms with Gasteiger partial charge in [0.25, 0.3) is 0 Å². The number of esters is 1. The molecule has 0 spiro atoms. The number of ether oxygens (including phenoxy) is 1.